The van der Waals surface area contributed by atoms with Gasteiger partial charge in [-0.3, -0.25) is 4.79 Å². The fourth-order valence-corrected chi connectivity index (χ4v) is 5.30. The standard InChI is InChI=1S/C24H21ClN2OS/c1-16-12-21-23(29-16)13-22(27(21)15-19-8-4-5-9-20(19)25)24(28)26-11-10-17-6-2-3-7-18(17)14-26/h2-9,12-13H,10-11,14-15H2,1H3. The lowest BCUT2D eigenvalue weighted by molar-refractivity contribution is 0.0724. The van der Waals surface area contributed by atoms with Crippen LogP contribution in [0, 0.1) is 6.92 Å². The molecule has 1 aliphatic heterocycles. The summed E-state index contributed by atoms with van der Waals surface area (Å²) in [6.07, 6.45) is 0.903. The highest BCUT2D eigenvalue weighted by Crippen LogP contribution is 2.31. The molecule has 2 aromatic heterocycles. The Bertz CT molecular complexity index is 1220. The van der Waals surface area contributed by atoms with E-state index >= 15 is 0 Å². The average molecular weight is 421 g/mol. The van der Waals surface area contributed by atoms with Crippen molar-refractivity contribution in [3.63, 3.8) is 0 Å². The Morgan fingerprint density at radius 1 is 1.07 bits per heavy atom. The second kappa shape index (κ2) is 7.36. The Labute approximate surface area is 179 Å². The van der Waals surface area contributed by atoms with E-state index in [2.05, 4.69) is 35.8 Å². The molecule has 5 heteroatoms. The molecule has 1 aliphatic rings. The van der Waals surface area contributed by atoms with Gasteiger partial charge in [-0.15, -0.1) is 11.3 Å². The van der Waals surface area contributed by atoms with Crippen LogP contribution in [-0.2, 0) is 19.5 Å². The number of hydrogen-bond acceptors (Lipinski definition) is 2. The van der Waals surface area contributed by atoms with E-state index in [1.54, 1.807) is 11.3 Å². The fourth-order valence-electron chi connectivity index (χ4n) is 4.14. The third-order valence-corrected chi connectivity index (χ3v) is 6.99. The fraction of sp³-hybridized carbons (Fsp3) is 0.208. The van der Waals surface area contributed by atoms with Gasteiger partial charge in [0.15, 0.2) is 0 Å². The number of aromatic nitrogens is 1. The second-order valence-electron chi connectivity index (χ2n) is 7.56. The quantitative estimate of drug-likeness (QED) is 0.404. The molecule has 0 saturated heterocycles. The summed E-state index contributed by atoms with van der Waals surface area (Å²) in [5, 5.41) is 0.728. The Hall–Kier alpha value is -2.56. The van der Waals surface area contributed by atoms with Crippen molar-refractivity contribution in [1.29, 1.82) is 0 Å². The van der Waals surface area contributed by atoms with Gasteiger partial charge in [-0.1, -0.05) is 54.1 Å². The van der Waals surface area contributed by atoms with Crippen LogP contribution >= 0.6 is 22.9 Å². The summed E-state index contributed by atoms with van der Waals surface area (Å²) >= 11 is 8.16. The summed E-state index contributed by atoms with van der Waals surface area (Å²) in [4.78, 5) is 16.7. The lowest BCUT2D eigenvalue weighted by Crippen LogP contribution is -2.37. The lowest BCUT2D eigenvalue weighted by Gasteiger charge is -2.29. The van der Waals surface area contributed by atoms with E-state index in [0.717, 1.165) is 39.5 Å². The first-order valence-electron chi connectivity index (χ1n) is 9.79. The van der Waals surface area contributed by atoms with Crippen LogP contribution in [0.2, 0.25) is 5.02 Å². The molecule has 1 amide bonds. The summed E-state index contributed by atoms with van der Waals surface area (Å²) in [7, 11) is 0. The van der Waals surface area contributed by atoms with E-state index in [1.165, 1.54) is 16.0 Å². The van der Waals surface area contributed by atoms with Crippen LogP contribution in [0.5, 0.6) is 0 Å². The van der Waals surface area contributed by atoms with Crippen LogP contribution in [0.15, 0.2) is 60.7 Å². The van der Waals surface area contributed by atoms with E-state index < -0.39 is 0 Å². The highest BCUT2D eigenvalue weighted by Gasteiger charge is 2.26. The van der Waals surface area contributed by atoms with Gasteiger partial charge in [0.25, 0.3) is 5.91 Å². The van der Waals surface area contributed by atoms with Crippen LogP contribution in [0.3, 0.4) is 0 Å². The van der Waals surface area contributed by atoms with Crippen molar-refractivity contribution in [3.8, 4) is 0 Å². The molecule has 0 atom stereocenters. The summed E-state index contributed by atoms with van der Waals surface area (Å²) in [6.45, 7) is 4.11. The molecule has 29 heavy (non-hydrogen) atoms. The Morgan fingerprint density at radius 3 is 2.66 bits per heavy atom. The van der Waals surface area contributed by atoms with Crippen LogP contribution in [0.1, 0.15) is 32.1 Å². The molecular weight excluding hydrogens is 400 g/mol. The van der Waals surface area contributed by atoms with Gasteiger partial charge in [0.1, 0.15) is 5.69 Å². The maximum absolute atomic E-state index is 13.5. The van der Waals surface area contributed by atoms with E-state index in [4.69, 9.17) is 11.6 Å². The van der Waals surface area contributed by atoms with Crippen LogP contribution in [0.4, 0.5) is 0 Å². The van der Waals surface area contributed by atoms with Gasteiger partial charge in [0.05, 0.1) is 10.2 Å². The number of nitrogens with zero attached hydrogens (tertiary/aromatic N) is 2. The largest absolute Gasteiger partial charge is 0.333 e. The lowest BCUT2D eigenvalue weighted by atomic mass is 10.00. The summed E-state index contributed by atoms with van der Waals surface area (Å²) < 4.78 is 3.28. The van der Waals surface area contributed by atoms with Crippen molar-refractivity contribution >= 4 is 39.1 Å². The van der Waals surface area contributed by atoms with Crippen LogP contribution < -0.4 is 0 Å². The SMILES string of the molecule is Cc1cc2c(cc(C(=O)N3CCc4ccccc4C3)n2Cc2ccccc2Cl)s1. The zero-order valence-corrected chi connectivity index (χ0v) is 17.8. The number of amides is 1. The summed E-state index contributed by atoms with van der Waals surface area (Å²) in [5.41, 5.74) is 5.46. The third kappa shape index (κ3) is 3.37. The topological polar surface area (TPSA) is 25.2 Å². The van der Waals surface area contributed by atoms with Crippen LogP contribution in [0.25, 0.3) is 10.2 Å². The molecule has 2 aromatic carbocycles. The van der Waals surface area contributed by atoms with Crippen molar-refractivity contribution < 1.29 is 4.79 Å². The number of aryl methyl sites for hydroxylation is 1. The van der Waals surface area contributed by atoms with Gasteiger partial charge >= 0.3 is 0 Å². The number of benzene rings is 2. The first-order valence-corrected chi connectivity index (χ1v) is 11.0. The zero-order valence-electron chi connectivity index (χ0n) is 16.2. The molecule has 0 bridgehead atoms. The first kappa shape index (κ1) is 18.5. The smallest absolute Gasteiger partial charge is 0.270 e. The number of halogens is 1. The van der Waals surface area contributed by atoms with Crippen molar-refractivity contribution in [3.05, 3.63) is 92.9 Å². The molecule has 0 fully saturated rings. The molecule has 0 spiro atoms. The predicted molar refractivity (Wildman–Crippen MR) is 120 cm³/mol. The number of thiophene rings is 1. The number of carbonyl (C=O) groups is 1. The number of hydrogen-bond donors (Lipinski definition) is 0. The van der Waals surface area contributed by atoms with Gasteiger partial charge in [0.2, 0.25) is 0 Å². The molecule has 5 rings (SSSR count). The minimum absolute atomic E-state index is 0.0904. The van der Waals surface area contributed by atoms with E-state index in [-0.39, 0.29) is 5.91 Å². The molecular formula is C24H21ClN2OS. The van der Waals surface area contributed by atoms with E-state index in [0.29, 0.717) is 13.1 Å². The minimum Gasteiger partial charge on any atom is -0.333 e. The van der Waals surface area contributed by atoms with E-state index in [1.807, 2.05) is 41.3 Å². The molecule has 0 saturated carbocycles. The normalized spacial score (nSPS) is 13.7. The average Bonchev–Trinajstić information content (AvgIpc) is 3.25. The van der Waals surface area contributed by atoms with Gasteiger partial charge in [-0.05, 0) is 48.2 Å². The van der Waals surface area contributed by atoms with Crippen molar-refractivity contribution in [2.75, 3.05) is 6.54 Å². The minimum atomic E-state index is 0.0904. The van der Waals surface area contributed by atoms with Gasteiger partial charge in [-0.2, -0.15) is 0 Å². The molecule has 3 nitrogen and oxygen atoms in total. The Balaban J connectivity index is 1.54. The zero-order chi connectivity index (χ0) is 20.0. The predicted octanol–water partition coefficient (Wildman–Crippen LogP) is 5.91. The molecule has 0 aliphatic carbocycles. The number of rotatable bonds is 3. The Kier molecular flexibility index (Phi) is 4.69. The molecule has 0 unspecified atom stereocenters. The maximum Gasteiger partial charge on any atom is 0.270 e. The third-order valence-electron chi connectivity index (χ3n) is 5.64. The van der Waals surface area contributed by atoms with E-state index in [9.17, 15) is 4.79 Å². The maximum atomic E-state index is 13.5. The number of fused-ring (bicyclic) bond motifs is 2. The van der Waals surface area contributed by atoms with Crippen LogP contribution in [-0.4, -0.2) is 21.9 Å². The molecule has 0 radical (unpaired) electrons. The number of carbonyl (C=O) groups excluding carboxylic acids is 1. The molecule has 3 heterocycles. The van der Waals surface area contributed by atoms with Gasteiger partial charge in [-0.25, -0.2) is 0 Å². The van der Waals surface area contributed by atoms with Crippen molar-refractivity contribution in [2.24, 2.45) is 0 Å². The van der Waals surface area contributed by atoms with Crippen molar-refractivity contribution in [1.82, 2.24) is 9.47 Å². The highest BCUT2D eigenvalue weighted by molar-refractivity contribution is 7.19. The first-order chi connectivity index (χ1) is 14.1. The summed E-state index contributed by atoms with van der Waals surface area (Å²) in [5.74, 6) is 0.0904. The summed E-state index contributed by atoms with van der Waals surface area (Å²) in [6, 6.07) is 20.5. The Morgan fingerprint density at radius 2 is 1.83 bits per heavy atom. The monoisotopic (exact) mass is 420 g/mol. The van der Waals surface area contributed by atoms with Crippen molar-refractivity contribution in [2.45, 2.75) is 26.4 Å². The molecule has 4 aromatic rings. The molecule has 146 valence electrons. The highest BCUT2D eigenvalue weighted by atomic mass is 35.5. The second-order valence-corrected chi connectivity index (χ2v) is 9.25. The van der Waals surface area contributed by atoms with Gasteiger partial charge < -0.3 is 9.47 Å². The van der Waals surface area contributed by atoms with Gasteiger partial charge in [0, 0.05) is 29.5 Å². The molecule has 0 N–H and O–H groups in total.